The predicted octanol–water partition coefficient (Wildman–Crippen LogP) is -0.240. The Balaban J connectivity index is 2.28. The first kappa shape index (κ1) is 11.5. The van der Waals surface area contributed by atoms with E-state index >= 15 is 0 Å². The van der Waals surface area contributed by atoms with Crippen molar-refractivity contribution < 1.29 is 18.3 Å². The number of carbonyl (C=O) groups is 1. The Morgan fingerprint density at radius 1 is 1.53 bits per heavy atom. The summed E-state index contributed by atoms with van der Waals surface area (Å²) >= 11 is 0.769. The first-order chi connectivity index (χ1) is 7.99. The Morgan fingerprint density at radius 3 is 2.82 bits per heavy atom. The summed E-state index contributed by atoms with van der Waals surface area (Å²) in [4.78, 5) is 12.7. The van der Waals surface area contributed by atoms with Crippen LogP contribution in [0.2, 0.25) is 0 Å². The summed E-state index contributed by atoms with van der Waals surface area (Å²) in [7, 11) is -3.87. The molecule has 0 atom stereocenters. The van der Waals surface area contributed by atoms with E-state index in [-0.39, 0.29) is 15.7 Å². The predicted molar refractivity (Wildman–Crippen MR) is 56.3 cm³/mol. The summed E-state index contributed by atoms with van der Waals surface area (Å²) in [5, 5.41) is 15.3. The molecule has 2 aromatic rings. The smallest absolute Gasteiger partial charge is 0.352 e. The molecule has 0 unspecified atom stereocenters. The van der Waals surface area contributed by atoms with Crippen LogP contribution in [0.15, 0.2) is 17.2 Å². The molecule has 0 aliphatic carbocycles. The topological polar surface area (TPSA) is 138 Å². The summed E-state index contributed by atoms with van der Waals surface area (Å²) in [6, 6.07) is 0.999. The van der Waals surface area contributed by atoms with Gasteiger partial charge in [0.1, 0.15) is 10.6 Å². The van der Waals surface area contributed by atoms with Gasteiger partial charge in [0.25, 0.3) is 10.0 Å². The minimum atomic E-state index is -3.87. The molecule has 11 heteroatoms. The summed E-state index contributed by atoms with van der Waals surface area (Å²) in [6.07, 6.45) is 1.07. The number of carboxylic acids is 1. The maximum atomic E-state index is 11.7. The lowest BCUT2D eigenvalue weighted by Crippen LogP contribution is -2.12. The molecule has 90 valence electrons. The number of aromatic carboxylic acids is 1. The van der Waals surface area contributed by atoms with E-state index in [1.807, 2.05) is 0 Å². The Kier molecular flexibility index (Phi) is 2.77. The number of anilines is 1. The SMILES string of the molecule is O=C(O)c1cc(S(=O)(=O)Nc2nnns2)c[nH]1. The number of aromatic nitrogens is 4. The highest BCUT2D eigenvalue weighted by Crippen LogP contribution is 2.16. The van der Waals surface area contributed by atoms with E-state index in [2.05, 4.69) is 24.5 Å². The lowest BCUT2D eigenvalue weighted by molar-refractivity contribution is 0.0691. The molecule has 2 heterocycles. The number of sulfonamides is 1. The third kappa shape index (κ3) is 2.39. The normalized spacial score (nSPS) is 11.3. The number of aromatic amines is 1. The van der Waals surface area contributed by atoms with Gasteiger partial charge >= 0.3 is 5.97 Å². The van der Waals surface area contributed by atoms with Gasteiger partial charge in [-0.1, -0.05) is 9.59 Å². The molecule has 0 aromatic carbocycles. The summed E-state index contributed by atoms with van der Waals surface area (Å²) in [5.74, 6) is -1.25. The first-order valence-electron chi connectivity index (χ1n) is 4.08. The first-order valence-corrected chi connectivity index (χ1v) is 6.34. The van der Waals surface area contributed by atoms with Crippen molar-refractivity contribution >= 4 is 32.7 Å². The van der Waals surface area contributed by atoms with Crippen LogP contribution in [0.3, 0.4) is 0 Å². The van der Waals surface area contributed by atoms with E-state index in [4.69, 9.17) is 5.11 Å². The monoisotopic (exact) mass is 275 g/mol. The second kappa shape index (κ2) is 4.10. The van der Waals surface area contributed by atoms with Crippen molar-refractivity contribution in [3.8, 4) is 0 Å². The van der Waals surface area contributed by atoms with Gasteiger partial charge in [-0.3, -0.25) is 4.72 Å². The van der Waals surface area contributed by atoms with Gasteiger partial charge in [0.2, 0.25) is 5.13 Å². The highest BCUT2D eigenvalue weighted by molar-refractivity contribution is 7.93. The molecule has 0 aliphatic rings. The maximum Gasteiger partial charge on any atom is 0.352 e. The van der Waals surface area contributed by atoms with Gasteiger partial charge in [-0.25, -0.2) is 13.2 Å². The van der Waals surface area contributed by atoms with Crippen molar-refractivity contribution in [2.24, 2.45) is 0 Å². The van der Waals surface area contributed by atoms with E-state index in [0.717, 1.165) is 23.8 Å². The molecule has 3 N–H and O–H groups in total. The van der Waals surface area contributed by atoms with Gasteiger partial charge in [0, 0.05) is 17.7 Å². The van der Waals surface area contributed by atoms with Crippen molar-refractivity contribution in [2.75, 3.05) is 4.72 Å². The minimum absolute atomic E-state index is 0.00285. The van der Waals surface area contributed by atoms with Gasteiger partial charge in [0.15, 0.2) is 0 Å². The third-order valence-electron chi connectivity index (χ3n) is 1.72. The standard InChI is InChI=1S/C6H5N5O4S2/c12-5(13)4-1-3(2-7-4)17(14,15)9-6-8-10-11-16-6/h1-2,7H,(H,12,13)(H,8,9,11). The summed E-state index contributed by atoms with van der Waals surface area (Å²) in [6.45, 7) is 0. The zero-order valence-electron chi connectivity index (χ0n) is 7.98. The molecule has 0 amide bonds. The van der Waals surface area contributed by atoms with Crippen LogP contribution in [0.1, 0.15) is 10.5 Å². The van der Waals surface area contributed by atoms with Gasteiger partial charge in [-0.2, -0.15) is 0 Å². The average Bonchev–Trinajstić information content (AvgIpc) is 2.84. The van der Waals surface area contributed by atoms with Gasteiger partial charge in [-0.15, -0.1) is 0 Å². The van der Waals surface area contributed by atoms with Gasteiger partial charge < -0.3 is 10.1 Å². The van der Waals surface area contributed by atoms with Crippen LogP contribution in [0.4, 0.5) is 5.13 Å². The highest BCUT2D eigenvalue weighted by atomic mass is 32.2. The Labute approximate surface area is 98.7 Å². The Bertz CT molecular complexity index is 631. The lowest BCUT2D eigenvalue weighted by atomic mass is 10.4. The molecule has 0 spiro atoms. The molecule has 0 aliphatic heterocycles. The molecule has 0 fully saturated rings. The number of carboxylic acid groups (broad SMARTS) is 1. The van der Waals surface area contributed by atoms with Crippen molar-refractivity contribution in [3.05, 3.63) is 18.0 Å². The molecule has 2 aromatic heterocycles. The van der Waals surface area contributed by atoms with Crippen LogP contribution >= 0.6 is 11.5 Å². The number of rotatable bonds is 4. The Morgan fingerprint density at radius 2 is 2.29 bits per heavy atom. The van der Waals surface area contributed by atoms with Crippen molar-refractivity contribution in [2.45, 2.75) is 4.90 Å². The van der Waals surface area contributed by atoms with Crippen LogP contribution in [-0.2, 0) is 10.0 Å². The van der Waals surface area contributed by atoms with Crippen LogP contribution < -0.4 is 4.72 Å². The second-order valence-corrected chi connectivity index (χ2v) is 5.24. The average molecular weight is 275 g/mol. The highest BCUT2D eigenvalue weighted by Gasteiger charge is 2.19. The van der Waals surface area contributed by atoms with E-state index in [9.17, 15) is 13.2 Å². The number of hydrogen-bond acceptors (Lipinski definition) is 7. The quantitative estimate of drug-likeness (QED) is 0.699. The molecule has 0 bridgehead atoms. The fourth-order valence-electron chi connectivity index (χ4n) is 1.00. The number of nitrogens with one attached hydrogen (secondary N) is 2. The van der Waals surface area contributed by atoms with E-state index in [1.165, 1.54) is 0 Å². The molecule has 17 heavy (non-hydrogen) atoms. The second-order valence-electron chi connectivity index (χ2n) is 2.83. The number of nitrogens with zero attached hydrogens (tertiary/aromatic N) is 3. The largest absolute Gasteiger partial charge is 0.477 e. The zero-order valence-corrected chi connectivity index (χ0v) is 9.62. The van der Waals surface area contributed by atoms with Crippen LogP contribution in [-0.4, -0.2) is 39.3 Å². The Hall–Kier alpha value is -2.01. The van der Waals surface area contributed by atoms with Crippen molar-refractivity contribution in [3.63, 3.8) is 0 Å². The fraction of sp³-hybridized carbons (Fsp3) is 0. The van der Waals surface area contributed by atoms with E-state index in [1.54, 1.807) is 0 Å². The van der Waals surface area contributed by atoms with Crippen molar-refractivity contribution in [1.29, 1.82) is 0 Å². The summed E-state index contributed by atoms with van der Waals surface area (Å²) < 4.78 is 28.9. The fourth-order valence-corrected chi connectivity index (χ4v) is 2.58. The molecule has 9 nitrogen and oxygen atoms in total. The van der Waals surface area contributed by atoms with Gasteiger partial charge in [-0.05, 0) is 11.3 Å². The lowest BCUT2D eigenvalue weighted by Gasteiger charge is -1.99. The van der Waals surface area contributed by atoms with E-state index < -0.39 is 16.0 Å². The molecular formula is C6H5N5O4S2. The molecule has 0 saturated carbocycles. The molecular weight excluding hydrogens is 270 g/mol. The number of H-pyrrole nitrogens is 1. The van der Waals surface area contributed by atoms with E-state index in [0.29, 0.717) is 0 Å². The zero-order chi connectivity index (χ0) is 12.5. The molecule has 0 saturated heterocycles. The number of hydrogen-bond donors (Lipinski definition) is 3. The van der Waals surface area contributed by atoms with Gasteiger partial charge in [0.05, 0.1) is 0 Å². The van der Waals surface area contributed by atoms with Crippen molar-refractivity contribution in [1.82, 2.24) is 19.8 Å². The van der Waals surface area contributed by atoms with Crippen LogP contribution in [0, 0.1) is 0 Å². The minimum Gasteiger partial charge on any atom is -0.477 e. The molecule has 0 radical (unpaired) electrons. The van der Waals surface area contributed by atoms with Crippen LogP contribution in [0.25, 0.3) is 0 Å². The molecule has 2 rings (SSSR count). The van der Waals surface area contributed by atoms with Crippen LogP contribution in [0.5, 0.6) is 0 Å². The third-order valence-corrected chi connectivity index (χ3v) is 3.68. The summed E-state index contributed by atoms with van der Waals surface area (Å²) in [5.41, 5.74) is -0.222. The maximum absolute atomic E-state index is 11.7.